The number of hydrogen-bond acceptors (Lipinski definition) is 12. The van der Waals surface area contributed by atoms with E-state index in [2.05, 4.69) is 25.8 Å². The molecule has 1 saturated carbocycles. The molecule has 0 unspecified atom stereocenters. The summed E-state index contributed by atoms with van der Waals surface area (Å²) in [6, 6.07) is 7.09. The molecule has 1 aliphatic carbocycles. The van der Waals surface area contributed by atoms with Crippen LogP contribution in [0.25, 0.3) is 38.8 Å². The number of anilines is 4. The van der Waals surface area contributed by atoms with E-state index in [4.69, 9.17) is 30.0 Å². The van der Waals surface area contributed by atoms with Crippen LogP contribution in [-0.2, 0) is 4.74 Å². The van der Waals surface area contributed by atoms with Crippen molar-refractivity contribution in [2.75, 3.05) is 41.8 Å². The molecule has 2 aliphatic rings. The molecular formula is C31H32N10O5. The quantitative estimate of drug-likeness (QED) is 0.173. The van der Waals surface area contributed by atoms with Gasteiger partial charge in [0.2, 0.25) is 17.0 Å². The standard InChI is InChI=1S/C31H32N10O5/c32-19-3-1-2-4-20(19)37-31-38-29(24(28(33)43)30-39-35-15-41(30)31)36-21-6-5-16(17-7-8-34-25(17)21)18-14-45-27-22(42)13-23(46-26(18)27)40-9-11-44-12-10-40/h5-8,13-15,19-20,34,36H,1-4,9-12,32H2,(H2,33,43)(H,37,38)/t19-,20+/m1/s1. The first-order chi connectivity index (χ1) is 22.5. The molecule has 7 N–H and O–H groups in total. The first kappa shape index (κ1) is 28.1. The average Bonchev–Trinajstić information content (AvgIpc) is 3.83. The van der Waals surface area contributed by atoms with E-state index in [-0.39, 0.29) is 40.1 Å². The van der Waals surface area contributed by atoms with Gasteiger partial charge in [-0.3, -0.25) is 14.0 Å². The van der Waals surface area contributed by atoms with Gasteiger partial charge >= 0.3 is 0 Å². The molecule has 1 saturated heterocycles. The summed E-state index contributed by atoms with van der Waals surface area (Å²) in [5.41, 5.74) is 15.7. The van der Waals surface area contributed by atoms with Crippen LogP contribution in [0.15, 0.2) is 56.7 Å². The molecule has 6 aromatic rings. The molecular weight excluding hydrogens is 592 g/mol. The smallest absolute Gasteiger partial charge is 0.256 e. The highest BCUT2D eigenvalue weighted by atomic mass is 16.5. The maximum absolute atomic E-state index is 13.0. The van der Waals surface area contributed by atoms with E-state index in [1.807, 2.05) is 23.1 Å². The number of morpholine rings is 1. The van der Waals surface area contributed by atoms with E-state index >= 15 is 0 Å². The second-order valence-electron chi connectivity index (χ2n) is 11.7. The first-order valence-corrected chi connectivity index (χ1v) is 15.3. The Bertz CT molecular complexity index is 2160. The zero-order valence-corrected chi connectivity index (χ0v) is 24.8. The minimum Gasteiger partial charge on any atom is -0.456 e. The number of nitrogens with one attached hydrogen (secondary N) is 3. The minimum atomic E-state index is -0.704. The van der Waals surface area contributed by atoms with Crippen molar-refractivity contribution in [3.05, 3.63) is 58.8 Å². The summed E-state index contributed by atoms with van der Waals surface area (Å²) < 4.78 is 19.1. The fraction of sp³-hybridized carbons (Fsp3) is 0.323. The molecule has 1 aromatic carbocycles. The number of fused-ring (bicyclic) bond motifs is 3. The summed E-state index contributed by atoms with van der Waals surface area (Å²) in [6.45, 7) is 2.36. The van der Waals surface area contributed by atoms with Crippen LogP contribution in [0.4, 0.5) is 23.3 Å². The third-order valence-electron chi connectivity index (χ3n) is 8.85. The zero-order chi connectivity index (χ0) is 31.4. The zero-order valence-electron chi connectivity index (χ0n) is 24.8. The Morgan fingerprint density at radius 1 is 1.09 bits per heavy atom. The van der Waals surface area contributed by atoms with Crippen LogP contribution in [-0.4, -0.2) is 68.9 Å². The summed E-state index contributed by atoms with van der Waals surface area (Å²) in [4.78, 5) is 35.8. The number of aromatic amines is 1. The molecule has 0 bridgehead atoms. The molecule has 6 heterocycles. The van der Waals surface area contributed by atoms with Crippen molar-refractivity contribution in [3.8, 4) is 11.1 Å². The van der Waals surface area contributed by atoms with Crippen LogP contribution < -0.4 is 32.4 Å². The average molecular weight is 625 g/mol. The number of carbonyl (C=O) groups excluding carboxylic acids is 1. The summed E-state index contributed by atoms with van der Waals surface area (Å²) in [5.74, 6) is 0.437. The number of benzene rings is 1. The molecule has 15 heteroatoms. The second kappa shape index (κ2) is 11.2. The Morgan fingerprint density at radius 3 is 2.76 bits per heavy atom. The van der Waals surface area contributed by atoms with Gasteiger partial charge < -0.3 is 45.6 Å². The van der Waals surface area contributed by atoms with Gasteiger partial charge in [-0.1, -0.05) is 18.9 Å². The highest BCUT2D eigenvalue weighted by molar-refractivity contribution is 6.08. The molecule has 236 valence electrons. The van der Waals surface area contributed by atoms with Crippen molar-refractivity contribution >= 4 is 57.0 Å². The number of amides is 1. The van der Waals surface area contributed by atoms with Gasteiger partial charge in [-0.05, 0) is 30.5 Å². The van der Waals surface area contributed by atoms with Crippen LogP contribution in [0.1, 0.15) is 36.0 Å². The van der Waals surface area contributed by atoms with Gasteiger partial charge in [0.05, 0.1) is 36.0 Å². The Hall–Kier alpha value is -5.41. The number of H-pyrrole nitrogens is 1. The monoisotopic (exact) mass is 624 g/mol. The largest absolute Gasteiger partial charge is 0.456 e. The lowest BCUT2D eigenvalue weighted by molar-refractivity contribution is 0.100. The van der Waals surface area contributed by atoms with Gasteiger partial charge in [0, 0.05) is 36.8 Å². The Labute approximate surface area is 260 Å². The van der Waals surface area contributed by atoms with Crippen LogP contribution >= 0.6 is 0 Å². The van der Waals surface area contributed by atoms with Crippen molar-refractivity contribution in [1.29, 1.82) is 0 Å². The van der Waals surface area contributed by atoms with E-state index in [9.17, 15) is 9.59 Å². The van der Waals surface area contributed by atoms with E-state index in [1.54, 1.807) is 10.6 Å². The number of hydrogen-bond donors (Lipinski definition) is 5. The molecule has 15 nitrogen and oxygen atoms in total. The number of primary amides is 1. The molecule has 0 radical (unpaired) electrons. The highest BCUT2D eigenvalue weighted by Crippen LogP contribution is 2.39. The van der Waals surface area contributed by atoms with Crippen molar-refractivity contribution in [2.45, 2.75) is 37.8 Å². The van der Waals surface area contributed by atoms with Crippen molar-refractivity contribution in [2.24, 2.45) is 11.5 Å². The molecule has 0 spiro atoms. The van der Waals surface area contributed by atoms with Gasteiger partial charge in [0.25, 0.3) is 5.91 Å². The molecule has 1 aliphatic heterocycles. The van der Waals surface area contributed by atoms with E-state index in [0.717, 1.165) is 42.1 Å². The van der Waals surface area contributed by atoms with E-state index in [1.165, 1.54) is 18.7 Å². The maximum Gasteiger partial charge on any atom is 0.256 e. The van der Waals surface area contributed by atoms with Crippen LogP contribution in [0.5, 0.6) is 0 Å². The van der Waals surface area contributed by atoms with Crippen molar-refractivity contribution in [1.82, 2.24) is 24.6 Å². The number of ether oxygens (including phenoxy) is 1. The molecule has 2 fully saturated rings. The minimum absolute atomic E-state index is 0.00196. The van der Waals surface area contributed by atoms with Crippen LogP contribution in [0, 0.1) is 0 Å². The Balaban J connectivity index is 1.20. The Kier molecular flexibility index (Phi) is 6.83. The summed E-state index contributed by atoms with van der Waals surface area (Å²) in [7, 11) is 0. The van der Waals surface area contributed by atoms with Crippen molar-refractivity contribution in [3.63, 3.8) is 0 Å². The number of aromatic nitrogens is 5. The van der Waals surface area contributed by atoms with E-state index < -0.39 is 5.91 Å². The lowest BCUT2D eigenvalue weighted by atomic mass is 9.91. The molecule has 8 rings (SSSR count). The first-order valence-electron chi connectivity index (χ1n) is 15.3. The SMILES string of the molecule is NC(=O)c1c(Nc2ccc(-c3coc4c(=O)cc(N5CCOCC5)oc34)c3cc[nH]c23)nc(N[C@H]2CCCC[C@H]2N)n2cnnc12. The normalized spacial score (nSPS) is 18.8. The van der Waals surface area contributed by atoms with Gasteiger partial charge in [-0.2, -0.15) is 4.98 Å². The van der Waals surface area contributed by atoms with Crippen LogP contribution in [0.3, 0.4) is 0 Å². The number of carbonyl (C=O) groups is 1. The third-order valence-corrected chi connectivity index (χ3v) is 8.85. The third kappa shape index (κ3) is 4.71. The fourth-order valence-corrected chi connectivity index (χ4v) is 6.48. The topological polar surface area (TPSA) is 208 Å². The van der Waals surface area contributed by atoms with Gasteiger partial charge in [-0.25, -0.2) is 0 Å². The van der Waals surface area contributed by atoms with Gasteiger partial charge in [0.1, 0.15) is 18.2 Å². The predicted molar refractivity (Wildman–Crippen MR) is 172 cm³/mol. The lowest BCUT2D eigenvalue weighted by Gasteiger charge is -2.30. The fourth-order valence-electron chi connectivity index (χ4n) is 6.48. The number of nitrogens with zero attached hydrogens (tertiary/aromatic N) is 5. The highest BCUT2D eigenvalue weighted by Gasteiger charge is 2.27. The van der Waals surface area contributed by atoms with E-state index in [0.29, 0.717) is 55.0 Å². The number of nitrogens with two attached hydrogens (primary N) is 2. The number of rotatable bonds is 7. The Morgan fingerprint density at radius 2 is 1.93 bits per heavy atom. The summed E-state index contributed by atoms with van der Waals surface area (Å²) in [5, 5.41) is 15.8. The molecule has 5 aromatic heterocycles. The van der Waals surface area contributed by atoms with Gasteiger partial charge in [0.15, 0.2) is 22.9 Å². The molecule has 1 amide bonds. The van der Waals surface area contributed by atoms with Crippen molar-refractivity contribution < 1.29 is 18.4 Å². The maximum atomic E-state index is 13.0. The predicted octanol–water partition coefficient (Wildman–Crippen LogP) is 3.33. The summed E-state index contributed by atoms with van der Waals surface area (Å²) >= 11 is 0. The second-order valence-corrected chi connectivity index (χ2v) is 11.7. The van der Waals surface area contributed by atoms with Crippen LogP contribution in [0.2, 0.25) is 0 Å². The lowest BCUT2D eigenvalue weighted by Crippen LogP contribution is -2.43. The molecule has 2 atom stereocenters. The number of furan rings is 1. The summed E-state index contributed by atoms with van der Waals surface area (Å²) in [6.07, 6.45) is 8.78. The van der Waals surface area contributed by atoms with Gasteiger partial charge in [-0.15, -0.1) is 10.2 Å². The molecule has 46 heavy (non-hydrogen) atoms.